The second kappa shape index (κ2) is 11.9. The van der Waals surface area contributed by atoms with Crippen molar-refractivity contribution < 1.29 is 39.5 Å². The topological polar surface area (TPSA) is 14.2 Å². The number of rotatable bonds is 3. The van der Waals surface area contributed by atoms with Gasteiger partial charge in [-0.25, -0.2) is 4.85 Å². The monoisotopic (exact) mass is 741 g/mol. The molecule has 8 aromatic rings. The van der Waals surface area contributed by atoms with Gasteiger partial charge in [0.25, 0.3) is 0 Å². The normalized spacial score (nSPS) is 12.7. The van der Waals surface area contributed by atoms with E-state index < -0.39 is 40.9 Å². The van der Waals surface area contributed by atoms with Crippen molar-refractivity contribution >= 4 is 49.3 Å². The van der Waals surface area contributed by atoms with Gasteiger partial charge in [0.05, 0.1) is 56.7 Å². The van der Waals surface area contributed by atoms with Crippen LogP contribution in [0.1, 0.15) is 27.8 Å². The molecule has 0 radical (unpaired) electrons. The average molecular weight is 742 g/mol. The third kappa shape index (κ3) is 5.54. The SMILES string of the molecule is [C-]#[N+]c1ccc(-n2c3ccc(C)cc3c3cc(C(F)(F)F)ccc32)c(-c2cccc(C(F)(F)F)c2-n2c3ccc(C)cc3c3cc(C(F)(F)F)ccc32)c1. The molecule has 6 aromatic carbocycles. The molecule has 0 aliphatic rings. The van der Waals surface area contributed by atoms with E-state index in [0.717, 1.165) is 42.0 Å². The van der Waals surface area contributed by atoms with Crippen LogP contribution in [0.5, 0.6) is 0 Å². The van der Waals surface area contributed by atoms with Gasteiger partial charge >= 0.3 is 18.5 Å². The minimum Gasteiger partial charge on any atom is -0.309 e. The zero-order valence-corrected chi connectivity index (χ0v) is 28.1. The highest BCUT2D eigenvalue weighted by molar-refractivity contribution is 6.12. The lowest BCUT2D eigenvalue weighted by atomic mass is 9.96. The van der Waals surface area contributed by atoms with Gasteiger partial charge in [-0.1, -0.05) is 41.5 Å². The van der Waals surface area contributed by atoms with Crippen molar-refractivity contribution in [2.24, 2.45) is 0 Å². The number of benzene rings is 6. The summed E-state index contributed by atoms with van der Waals surface area (Å²) in [5.41, 5.74) is -0.355. The minimum atomic E-state index is -4.96. The van der Waals surface area contributed by atoms with E-state index in [1.54, 1.807) is 54.8 Å². The standard InChI is InChI=1S/C42H24F9N3/c1-22-7-12-34-28(17-22)30-19-24(40(43,44)45)9-14-35(30)53(34)36-16-11-26(52-3)21-32(36)27-5-4-6-33(42(49,50)51)39(27)54-37-13-8-23(2)18-29(37)31-20-25(41(46,47)48)10-15-38(31)54/h4-21H,1-2H3. The fourth-order valence-electron chi connectivity index (χ4n) is 7.36. The molecule has 270 valence electrons. The number of fused-ring (bicyclic) bond motifs is 6. The van der Waals surface area contributed by atoms with Crippen LogP contribution in [-0.4, -0.2) is 9.13 Å². The van der Waals surface area contributed by atoms with Crippen LogP contribution in [0, 0.1) is 20.4 Å². The molecular weight excluding hydrogens is 717 g/mol. The van der Waals surface area contributed by atoms with Gasteiger partial charge in [-0.15, -0.1) is 0 Å². The van der Waals surface area contributed by atoms with Gasteiger partial charge in [0.1, 0.15) is 0 Å². The van der Waals surface area contributed by atoms with Crippen LogP contribution >= 0.6 is 0 Å². The maximum atomic E-state index is 15.2. The van der Waals surface area contributed by atoms with E-state index in [-0.39, 0.29) is 44.3 Å². The molecule has 2 heterocycles. The highest BCUT2D eigenvalue weighted by Gasteiger charge is 2.38. The lowest BCUT2D eigenvalue weighted by molar-refractivity contribution is -0.138. The molecule has 0 saturated heterocycles. The Bertz CT molecular complexity index is 2880. The zero-order valence-electron chi connectivity index (χ0n) is 28.1. The first kappa shape index (κ1) is 34.8. The maximum absolute atomic E-state index is 15.2. The first-order chi connectivity index (χ1) is 25.5. The molecule has 0 bridgehead atoms. The number of hydrogen-bond acceptors (Lipinski definition) is 0. The average Bonchev–Trinajstić information content (AvgIpc) is 3.60. The van der Waals surface area contributed by atoms with E-state index >= 15 is 13.2 Å². The zero-order chi connectivity index (χ0) is 38.5. The summed E-state index contributed by atoms with van der Waals surface area (Å²) in [6.45, 7) is 11.3. The van der Waals surface area contributed by atoms with Crippen LogP contribution in [-0.2, 0) is 18.5 Å². The minimum absolute atomic E-state index is 0.0152. The molecule has 0 spiro atoms. The van der Waals surface area contributed by atoms with Gasteiger partial charge in [0, 0.05) is 27.1 Å². The Balaban J connectivity index is 1.53. The Morgan fingerprint density at radius 1 is 0.481 bits per heavy atom. The van der Waals surface area contributed by atoms with Crippen LogP contribution in [0.15, 0.2) is 109 Å². The van der Waals surface area contributed by atoms with Gasteiger partial charge < -0.3 is 9.13 Å². The van der Waals surface area contributed by atoms with E-state index in [1.165, 1.54) is 41.0 Å². The number of halogens is 9. The number of hydrogen-bond donors (Lipinski definition) is 0. The van der Waals surface area contributed by atoms with Crippen LogP contribution in [0.2, 0.25) is 0 Å². The van der Waals surface area contributed by atoms with Crippen LogP contribution in [0.3, 0.4) is 0 Å². The Hall–Kier alpha value is -6.22. The van der Waals surface area contributed by atoms with E-state index in [1.807, 2.05) is 0 Å². The Morgan fingerprint density at radius 3 is 1.44 bits per heavy atom. The third-order valence-corrected chi connectivity index (χ3v) is 9.70. The lowest BCUT2D eigenvalue weighted by Crippen LogP contribution is -2.13. The summed E-state index contributed by atoms with van der Waals surface area (Å²) >= 11 is 0. The molecule has 8 rings (SSSR count). The molecule has 0 fully saturated rings. The highest BCUT2D eigenvalue weighted by Crippen LogP contribution is 2.47. The summed E-state index contributed by atoms with van der Waals surface area (Å²) in [6, 6.07) is 24.1. The summed E-state index contributed by atoms with van der Waals surface area (Å²) in [4.78, 5) is 3.54. The number of aryl methyl sites for hydroxylation is 2. The van der Waals surface area contributed by atoms with Crippen molar-refractivity contribution in [3.8, 4) is 22.5 Å². The van der Waals surface area contributed by atoms with Gasteiger partial charge in [-0.3, -0.25) is 0 Å². The molecule has 0 aliphatic heterocycles. The third-order valence-electron chi connectivity index (χ3n) is 9.70. The maximum Gasteiger partial charge on any atom is 0.418 e. The Morgan fingerprint density at radius 2 is 0.963 bits per heavy atom. The molecular formula is C42H24F9N3. The van der Waals surface area contributed by atoms with Crippen LogP contribution in [0.25, 0.3) is 71.0 Å². The van der Waals surface area contributed by atoms with Gasteiger partial charge in [0.2, 0.25) is 0 Å². The number of para-hydroxylation sites is 1. The van der Waals surface area contributed by atoms with E-state index in [2.05, 4.69) is 4.85 Å². The summed E-state index contributed by atoms with van der Waals surface area (Å²) in [7, 11) is 0. The van der Waals surface area contributed by atoms with Crippen molar-refractivity contribution in [1.29, 1.82) is 0 Å². The van der Waals surface area contributed by atoms with Crippen molar-refractivity contribution in [2.75, 3.05) is 0 Å². The summed E-state index contributed by atoms with van der Waals surface area (Å²) in [5, 5.41) is 1.11. The highest BCUT2D eigenvalue weighted by atomic mass is 19.4. The molecule has 12 heteroatoms. The molecule has 0 saturated carbocycles. The quantitative estimate of drug-likeness (QED) is 0.126. The molecule has 2 aromatic heterocycles. The molecule has 0 unspecified atom stereocenters. The van der Waals surface area contributed by atoms with Gasteiger partial charge in [0.15, 0.2) is 5.69 Å². The predicted octanol–water partition coefficient (Wildman–Crippen LogP) is 13.8. The fourth-order valence-corrected chi connectivity index (χ4v) is 7.36. The Kier molecular flexibility index (Phi) is 7.68. The lowest BCUT2D eigenvalue weighted by Gasteiger charge is -2.22. The predicted molar refractivity (Wildman–Crippen MR) is 191 cm³/mol. The fraction of sp³-hybridized carbons (Fsp3) is 0.119. The number of aromatic nitrogens is 2. The van der Waals surface area contributed by atoms with E-state index in [0.29, 0.717) is 27.4 Å². The molecule has 0 N–H and O–H groups in total. The van der Waals surface area contributed by atoms with Crippen molar-refractivity contribution in [3.63, 3.8) is 0 Å². The van der Waals surface area contributed by atoms with E-state index in [9.17, 15) is 26.3 Å². The molecule has 0 amide bonds. The van der Waals surface area contributed by atoms with Crippen LogP contribution < -0.4 is 0 Å². The number of nitrogens with zero attached hydrogens (tertiary/aromatic N) is 3. The first-order valence-corrected chi connectivity index (χ1v) is 16.4. The smallest absolute Gasteiger partial charge is 0.309 e. The van der Waals surface area contributed by atoms with Gasteiger partial charge in [-0.2, -0.15) is 39.5 Å². The van der Waals surface area contributed by atoms with Crippen LogP contribution in [0.4, 0.5) is 45.2 Å². The Labute approximate surface area is 300 Å². The van der Waals surface area contributed by atoms with Crippen molar-refractivity contribution in [1.82, 2.24) is 9.13 Å². The van der Waals surface area contributed by atoms with Crippen molar-refractivity contribution in [3.05, 3.63) is 148 Å². The summed E-state index contributed by atoms with van der Waals surface area (Å²) < 4.78 is 132. The second-order valence-corrected chi connectivity index (χ2v) is 13.2. The number of alkyl halides is 9. The molecule has 0 aliphatic carbocycles. The second-order valence-electron chi connectivity index (χ2n) is 13.2. The van der Waals surface area contributed by atoms with Crippen molar-refractivity contribution in [2.45, 2.75) is 32.4 Å². The van der Waals surface area contributed by atoms with E-state index in [4.69, 9.17) is 6.57 Å². The molecule has 0 atom stereocenters. The summed E-state index contributed by atoms with van der Waals surface area (Å²) in [5.74, 6) is 0. The molecule has 3 nitrogen and oxygen atoms in total. The first-order valence-electron chi connectivity index (χ1n) is 16.4. The summed E-state index contributed by atoms with van der Waals surface area (Å²) in [6.07, 6.45) is -14.3. The van der Waals surface area contributed by atoms with Gasteiger partial charge in [-0.05, 0) is 98.3 Å². The molecule has 54 heavy (non-hydrogen) atoms. The largest absolute Gasteiger partial charge is 0.418 e.